The monoisotopic (exact) mass is 399 g/mol. The fourth-order valence-corrected chi connectivity index (χ4v) is 4.64. The van der Waals surface area contributed by atoms with Crippen LogP contribution in [-0.4, -0.2) is 41.8 Å². The number of aliphatic imine (C=N–C) groups is 1. The van der Waals surface area contributed by atoms with Crippen molar-refractivity contribution < 1.29 is 0 Å². The summed E-state index contributed by atoms with van der Waals surface area (Å²) in [5.74, 6) is 1.77. The third-order valence-corrected chi connectivity index (χ3v) is 6.25. The molecule has 1 aliphatic heterocycles. The molecule has 0 amide bonds. The first kappa shape index (κ1) is 18.9. The van der Waals surface area contributed by atoms with Crippen molar-refractivity contribution in [3.63, 3.8) is 0 Å². The van der Waals surface area contributed by atoms with E-state index in [1.807, 2.05) is 12.1 Å². The van der Waals surface area contributed by atoms with E-state index in [1.54, 1.807) is 0 Å². The molecule has 5 heteroatoms. The molecule has 0 fully saturated rings. The lowest BCUT2D eigenvalue weighted by atomic mass is 9.81. The molecule has 0 bridgehead atoms. The maximum absolute atomic E-state index is 5.07. The van der Waals surface area contributed by atoms with Gasteiger partial charge < -0.3 is 10.3 Å². The van der Waals surface area contributed by atoms with Gasteiger partial charge in [0.2, 0.25) is 5.96 Å². The summed E-state index contributed by atoms with van der Waals surface area (Å²) in [6.07, 6.45) is 1.93. The Bertz CT molecular complexity index is 1120. The Morgan fingerprint density at radius 3 is 2.67 bits per heavy atom. The van der Waals surface area contributed by atoms with Crippen molar-refractivity contribution in [2.24, 2.45) is 10.1 Å². The van der Waals surface area contributed by atoms with Gasteiger partial charge in [0.25, 0.3) is 0 Å². The number of hydrazone groups is 1. The molecule has 2 N–H and O–H groups in total. The van der Waals surface area contributed by atoms with Crippen molar-refractivity contribution in [3.8, 4) is 0 Å². The molecule has 1 unspecified atom stereocenters. The Hall–Kier alpha value is -3.08. The molecule has 5 rings (SSSR count). The maximum Gasteiger partial charge on any atom is 0.214 e. The average Bonchev–Trinajstić information content (AvgIpc) is 3.41. The number of guanidine groups is 1. The Morgan fingerprint density at radius 2 is 1.93 bits per heavy atom. The quantitative estimate of drug-likeness (QED) is 0.632. The molecule has 1 aromatic heterocycles. The zero-order valence-electron chi connectivity index (χ0n) is 17.9. The van der Waals surface area contributed by atoms with Crippen LogP contribution in [0.5, 0.6) is 0 Å². The Morgan fingerprint density at radius 1 is 1.10 bits per heavy atom. The van der Waals surface area contributed by atoms with Crippen LogP contribution in [-0.2, 0) is 6.42 Å². The molecule has 2 aliphatic rings. The first-order chi connectivity index (χ1) is 14.6. The number of fused-ring (bicyclic) bond motifs is 3. The van der Waals surface area contributed by atoms with Crippen LogP contribution in [0.15, 0.2) is 58.6 Å². The summed E-state index contributed by atoms with van der Waals surface area (Å²) in [4.78, 5) is 8.25. The minimum atomic E-state index is 0.418. The van der Waals surface area contributed by atoms with Gasteiger partial charge in [0.05, 0.1) is 12.3 Å². The molecule has 3 aromatic rings. The van der Waals surface area contributed by atoms with Gasteiger partial charge >= 0.3 is 0 Å². The molecule has 0 saturated heterocycles. The van der Waals surface area contributed by atoms with E-state index in [1.165, 1.54) is 33.3 Å². The lowest BCUT2D eigenvalue weighted by Gasteiger charge is -2.26. The highest BCUT2D eigenvalue weighted by molar-refractivity contribution is 6.13. The molecule has 1 aliphatic carbocycles. The smallest absolute Gasteiger partial charge is 0.214 e. The molecular formula is C25H29N5. The van der Waals surface area contributed by atoms with Crippen molar-refractivity contribution in [1.29, 1.82) is 0 Å². The van der Waals surface area contributed by atoms with Crippen LogP contribution in [0.4, 0.5) is 0 Å². The van der Waals surface area contributed by atoms with Crippen molar-refractivity contribution in [3.05, 3.63) is 70.9 Å². The zero-order chi connectivity index (χ0) is 20.7. The van der Waals surface area contributed by atoms with E-state index in [9.17, 15) is 0 Å². The summed E-state index contributed by atoms with van der Waals surface area (Å²) < 4.78 is 0. The van der Waals surface area contributed by atoms with Crippen molar-refractivity contribution >= 4 is 22.6 Å². The normalized spacial score (nSPS) is 19.8. The predicted molar refractivity (Wildman–Crippen MR) is 124 cm³/mol. The van der Waals surface area contributed by atoms with Gasteiger partial charge in [-0.15, -0.1) is 0 Å². The third kappa shape index (κ3) is 3.38. The number of nitrogens with zero attached hydrogens (tertiary/aromatic N) is 3. The maximum atomic E-state index is 5.07. The number of H-pyrrole nitrogens is 1. The minimum absolute atomic E-state index is 0.418. The highest BCUT2D eigenvalue weighted by atomic mass is 15.5. The van der Waals surface area contributed by atoms with Crippen LogP contribution in [0.3, 0.4) is 0 Å². The second-order valence-electron chi connectivity index (χ2n) is 8.66. The Balaban J connectivity index is 1.63. The van der Waals surface area contributed by atoms with Gasteiger partial charge in [-0.25, -0.2) is 10.0 Å². The molecule has 5 nitrogen and oxygen atoms in total. The van der Waals surface area contributed by atoms with Crippen LogP contribution in [0.1, 0.15) is 54.5 Å². The SMILES string of the molecule is CC(C)c1ccc2[nH]c3c(c2c1)/C(=N/N(C)C1=NCCN1)CC(c1ccccc1)C3. The van der Waals surface area contributed by atoms with Crippen LogP contribution in [0.2, 0.25) is 0 Å². The summed E-state index contributed by atoms with van der Waals surface area (Å²) >= 11 is 0. The summed E-state index contributed by atoms with van der Waals surface area (Å²) in [6, 6.07) is 17.6. The number of aromatic amines is 1. The molecular weight excluding hydrogens is 370 g/mol. The Kier molecular flexibility index (Phi) is 4.81. The lowest BCUT2D eigenvalue weighted by Crippen LogP contribution is -2.33. The number of rotatable bonds is 3. The molecule has 30 heavy (non-hydrogen) atoms. The summed E-state index contributed by atoms with van der Waals surface area (Å²) in [5.41, 5.74) is 7.64. The topological polar surface area (TPSA) is 55.8 Å². The number of hydrogen-bond donors (Lipinski definition) is 2. The summed E-state index contributed by atoms with van der Waals surface area (Å²) in [6.45, 7) is 6.19. The zero-order valence-corrected chi connectivity index (χ0v) is 17.9. The molecule has 0 spiro atoms. The molecule has 154 valence electrons. The molecule has 2 heterocycles. The number of aromatic nitrogens is 1. The molecule has 0 radical (unpaired) electrons. The van der Waals surface area contributed by atoms with Crippen molar-refractivity contribution in [1.82, 2.24) is 15.3 Å². The summed E-state index contributed by atoms with van der Waals surface area (Å²) in [7, 11) is 1.99. The average molecular weight is 400 g/mol. The van der Waals surface area contributed by atoms with Gasteiger partial charge in [-0.2, -0.15) is 5.10 Å². The van der Waals surface area contributed by atoms with E-state index in [0.717, 1.165) is 37.6 Å². The van der Waals surface area contributed by atoms with Crippen LogP contribution < -0.4 is 5.32 Å². The standard InChI is InChI=1S/C25H29N5/c1-16(2)18-9-10-21-20(13-18)24-22(28-21)14-19(17-7-5-4-6-8-17)15-23(24)29-30(3)25-26-11-12-27-25/h4-10,13,16,19,28H,11-12,14-15H2,1-3H3,(H,26,27)/b29-23+. The van der Waals surface area contributed by atoms with Gasteiger partial charge in [-0.05, 0) is 47.9 Å². The van der Waals surface area contributed by atoms with Crippen LogP contribution in [0, 0.1) is 0 Å². The van der Waals surface area contributed by atoms with Crippen LogP contribution in [0.25, 0.3) is 10.9 Å². The summed E-state index contributed by atoms with van der Waals surface area (Å²) in [5, 5.41) is 11.6. The van der Waals surface area contributed by atoms with Gasteiger partial charge in [-0.1, -0.05) is 50.2 Å². The minimum Gasteiger partial charge on any atom is -0.358 e. The van der Waals surface area contributed by atoms with E-state index in [-0.39, 0.29) is 0 Å². The first-order valence-electron chi connectivity index (χ1n) is 10.9. The first-order valence-corrected chi connectivity index (χ1v) is 10.9. The van der Waals surface area contributed by atoms with Crippen molar-refractivity contribution in [2.45, 2.75) is 38.5 Å². The number of nitrogens with one attached hydrogen (secondary N) is 2. The lowest BCUT2D eigenvalue weighted by molar-refractivity contribution is 0.521. The van der Waals surface area contributed by atoms with Crippen LogP contribution >= 0.6 is 0 Å². The van der Waals surface area contributed by atoms with Crippen molar-refractivity contribution in [2.75, 3.05) is 20.1 Å². The van der Waals surface area contributed by atoms with E-state index in [4.69, 9.17) is 5.10 Å². The van der Waals surface area contributed by atoms with E-state index in [0.29, 0.717) is 11.8 Å². The highest BCUT2D eigenvalue weighted by Crippen LogP contribution is 2.37. The molecule has 0 saturated carbocycles. The van der Waals surface area contributed by atoms with Gasteiger partial charge in [0, 0.05) is 35.8 Å². The highest BCUT2D eigenvalue weighted by Gasteiger charge is 2.29. The van der Waals surface area contributed by atoms with E-state index < -0.39 is 0 Å². The largest absolute Gasteiger partial charge is 0.358 e. The van der Waals surface area contributed by atoms with E-state index >= 15 is 0 Å². The number of benzene rings is 2. The fourth-order valence-electron chi connectivity index (χ4n) is 4.64. The van der Waals surface area contributed by atoms with E-state index in [2.05, 4.69) is 77.7 Å². The molecule has 1 atom stereocenters. The Labute approximate surface area is 177 Å². The molecule has 2 aromatic carbocycles. The van der Waals surface area contributed by atoms with Gasteiger partial charge in [0.15, 0.2) is 0 Å². The second kappa shape index (κ2) is 7.63. The third-order valence-electron chi connectivity index (χ3n) is 6.25. The predicted octanol–water partition coefficient (Wildman–Crippen LogP) is 4.62. The number of hydrogen-bond acceptors (Lipinski definition) is 4. The van der Waals surface area contributed by atoms with Gasteiger partial charge in [-0.3, -0.25) is 0 Å². The fraction of sp³-hybridized carbons (Fsp3) is 0.360. The van der Waals surface area contributed by atoms with Gasteiger partial charge in [0.1, 0.15) is 0 Å². The second-order valence-corrected chi connectivity index (χ2v) is 8.66.